The molecule has 1 N–H and O–H groups in total. The molecule has 1 aliphatic heterocycles. The third-order valence-corrected chi connectivity index (χ3v) is 6.37. The third-order valence-electron chi connectivity index (χ3n) is 4.89. The maximum Gasteiger partial charge on any atom is 0.257 e. The van der Waals surface area contributed by atoms with Crippen LogP contribution in [-0.4, -0.2) is 28.9 Å². The van der Waals surface area contributed by atoms with Gasteiger partial charge in [-0.3, -0.25) is 15.0 Å². The van der Waals surface area contributed by atoms with E-state index < -0.39 is 0 Å². The van der Waals surface area contributed by atoms with Gasteiger partial charge >= 0.3 is 0 Å². The molecule has 0 radical (unpaired) electrons. The molecule has 28 heavy (non-hydrogen) atoms. The smallest absolute Gasteiger partial charge is 0.257 e. The SMILES string of the molecule is O=C(Nc1nc(-c2ccc(Br)cc2)c(CN2CCCCC2)s1)c1ccccc1. The van der Waals surface area contributed by atoms with E-state index >= 15 is 0 Å². The van der Waals surface area contributed by atoms with E-state index in [0.29, 0.717) is 10.7 Å². The Morgan fingerprint density at radius 3 is 2.46 bits per heavy atom. The molecule has 1 aromatic heterocycles. The third kappa shape index (κ3) is 4.69. The number of nitrogens with one attached hydrogen (secondary N) is 1. The zero-order chi connectivity index (χ0) is 19.3. The first-order chi connectivity index (χ1) is 13.7. The van der Waals surface area contributed by atoms with Crippen LogP contribution in [0.5, 0.6) is 0 Å². The maximum absolute atomic E-state index is 12.5. The molecule has 2 heterocycles. The monoisotopic (exact) mass is 455 g/mol. The molecule has 144 valence electrons. The number of aromatic nitrogens is 1. The molecule has 0 atom stereocenters. The van der Waals surface area contributed by atoms with Crippen molar-refractivity contribution in [2.75, 3.05) is 18.4 Å². The fourth-order valence-corrected chi connectivity index (χ4v) is 4.71. The molecule has 1 aliphatic rings. The van der Waals surface area contributed by atoms with Crippen LogP contribution in [0.3, 0.4) is 0 Å². The number of carbonyl (C=O) groups is 1. The summed E-state index contributed by atoms with van der Waals surface area (Å²) in [6.07, 6.45) is 3.82. The minimum absolute atomic E-state index is 0.124. The Morgan fingerprint density at radius 2 is 1.75 bits per heavy atom. The van der Waals surface area contributed by atoms with Gasteiger partial charge in [0.05, 0.1) is 5.69 Å². The topological polar surface area (TPSA) is 45.2 Å². The number of piperidine rings is 1. The van der Waals surface area contributed by atoms with E-state index in [2.05, 4.69) is 38.3 Å². The lowest BCUT2D eigenvalue weighted by molar-refractivity contribution is 0.102. The molecule has 1 amide bonds. The van der Waals surface area contributed by atoms with E-state index in [0.717, 1.165) is 35.4 Å². The lowest BCUT2D eigenvalue weighted by Gasteiger charge is -2.26. The van der Waals surface area contributed by atoms with Crippen molar-refractivity contribution in [3.8, 4) is 11.3 Å². The van der Waals surface area contributed by atoms with Gasteiger partial charge in [0.25, 0.3) is 5.91 Å². The predicted octanol–water partition coefficient (Wildman–Crippen LogP) is 5.81. The highest BCUT2D eigenvalue weighted by Crippen LogP contribution is 2.33. The van der Waals surface area contributed by atoms with Crippen LogP contribution in [0.2, 0.25) is 0 Å². The van der Waals surface area contributed by atoms with Gasteiger partial charge in [-0.25, -0.2) is 4.98 Å². The zero-order valence-electron chi connectivity index (χ0n) is 15.5. The van der Waals surface area contributed by atoms with Crippen molar-refractivity contribution in [1.82, 2.24) is 9.88 Å². The van der Waals surface area contributed by atoms with E-state index in [1.807, 2.05) is 42.5 Å². The van der Waals surface area contributed by atoms with E-state index in [9.17, 15) is 4.79 Å². The van der Waals surface area contributed by atoms with E-state index in [1.165, 1.54) is 24.1 Å². The van der Waals surface area contributed by atoms with Crippen molar-refractivity contribution in [3.05, 3.63) is 69.5 Å². The number of carbonyl (C=O) groups excluding carboxylic acids is 1. The van der Waals surface area contributed by atoms with Crippen molar-refractivity contribution >= 4 is 38.3 Å². The average Bonchev–Trinajstić information content (AvgIpc) is 3.12. The molecule has 0 unspecified atom stereocenters. The predicted molar refractivity (Wildman–Crippen MR) is 119 cm³/mol. The van der Waals surface area contributed by atoms with Gasteiger partial charge in [-0.05, 0) is 50.2 Å². The summed E-state index contributed by atoms with van der Waals surface area (Å²) in [7, 11) is 0. The molecule has 6 heteroatoms. The average molecular weight is 456 g/mol. The van der Waals surface area contributed by atoms with Crippen LogP contribution in [0, 0.1) is 0 Å². The summed E-state index contributed by atoms with van der Waals surface area (Å²) in [5.41, 5.74) is 2.68. The van der Waals surface area contributed by atoms with E-state index in [4.69, 9.17) is 4.98 Å². The number of thiazole rings is 1. The van der Waals surface area contributed by atoms with Gasteiger partial charge in [-0.2, -0.15) is 0 Å². The number of rotatable bonds is 5. The van der Waals surface area contributed by atoms with Crippen molar-refractivity contribution in [2.24, 2.45) is 0 Å². The van der Waals surface area contributed by atoms with Crippen LogP contribution < -0.4 is 5.32 Å². The second kappa shape index (κ2) is 8.99. The molecular formula is C22H22BrN3OS. The first-order valence-corrected chi connectivity index (χ1v) is 11.1. The number of halogens is 1. The normalized spacial score (nSPS) is 14.8. The van der Waals surface area contributed by atoms with Gasteiger partial charge in [0, 0.05) is 27.0 Å². The zero-order valence-corrected chi connectivity index (χ0v) is 17.9. The number of amides is 1. The van der Waals surface area contributed by atoms with Gasteiger partial charge in [-0.15, -0.1) is 0 Å². The molecule has 4 nitrogen and oxygen atoms in total. The number of hydrogen-bond acceptors (Lipinski definition) is 4. The van der Waals surface area contributed by atoms with E-state index in [1.54, 1.807) is 11.3 Å². The number of nitrogens with zero attached hydrogens (tertiary/aromatic N) is 2. The second-order valence-corrected chi connectivity index (χ2v) is 8.95. The van der Waals surface area contributed by atoms with Crippen molar-refractivity contribution < 1.29 is 4.79 Å². The molecule has 0 spiro atoms. The standard InChI is InChI=1S/C22H22BrN3OS/c23-18-11-9-16(10-12-18)20-19(15-26-13-5-2-6-14-26)28-22(24-20)25-21(27)17-7-3-1-4-8-17/h1,3-4,7-12H,2,5-6,13-15H2,(H,24,25,27). The Morgan fingerprint density at radius 1 is 1.04 bits per heavy atom. The summed E-state index contributed by atoms with van der Waals surface area (Å²) in [5.74, 6) is -0.124. The van der Waals surface area contributed by atoms with Gasteiger partial charge in [0.15, 0.2) is 5.13 Å². The van der Waals surface area contributed by atoms with Gasteiger partial charge in [-0.1, -0.05) is 64.0 Å². The maximum atomic E-state index is 12.5. The fraction of sp³-hybridized carbons (Fsp3) is 0.273. The Labute approximate surface area is 177 Å². The lowest BCUT2D eigenvalue weighted by atomic mass is 10.1. The van der Waals surface area contributed by atoms with Crippen molar-refractivity contribution in [1.29, 1.82) is 0 Å². The van der Waals surface area contributed by atoms with E-state index in [-0.39, 0.29) is 5.91 Å². The summed E-state index contributed by atoms with van der Waals surface area (Å²) >= 11 is 5.08. The van der Waals surface area contributed by atoms with Crippen LogP contribution in [0.1, 0.15) is 34.5 Å². The molecule has 0 saturated carbocycles. The Balaban J connectivity index is 1.61. The number of benzene rings is 2. The minimum Gasteiger partial charge on any atom is -0.298 e. The largest absolute Gasteiger partial charge is 0.298 e. The van der Waals surface area contributed by atoms with Crippen LogP contribution >= 0.6 is 27.3 Å². The second-order valence-electron chi connectivity index (χ2n) is 6.95. The highest BCUT2D eigenvalue weighted by atomic mass is 79.9. The first-order valence-electron chi connectivity index (χ1n) is 9.53. The molecule has 1 fully saturated rings. The van der Waals surface area contributed by atoms with Crippen LogP contribution in [-0.2, 0) is 6.54 Å². The molecule has 0 bridgehead atoms. The highest BCUT2D eigenvalue weighted by Gasteiger charge is 2.19. The lowest BCUT2D eigenvalue weighted by Crippen LogP contribution is -2.28. The molecule has 1 saturated heterocycles. The summed E-state index contributed by atoms with van der Waals surface area (Å²) in [4.78, 5) is 21.0. The Hall–Kier alpha value is -2.02. The summed E-state index contributed by atoms with van der Waals surface area (Å²) in [6, 6.07) is 17.5. The summed E-state index contributed by atoms with van der Waals surface area (Å²) in [6.45, 7) is 3.14. The Kier molecular flexibility index (Phi) is 6.20. The summed E-state index contributed by atoms with van der Waals surface area (Å²) < 4.78 is 1.04. The van der Waals surface area contributed by atoms with Gasteiger partial charge in [0.2, 0.25) is 0 Å². The first kappa shape index (κ1) is 19.3. The van der Waals surface area contributed by atoms with Crippen LogP contribution in [0.15, 0.2) is 59.1 Å². The number of anilines is 1. The summed E-state index contributed by atoms with van der Waals surface area (Å²) in [5, 5.41) is 3.63. The number of hydrogen-bond donors (Lipinski definition) is 1. The van der Waals surface area contributed by atoms with Gasteiger partial charge in [0.1, 0.15) is 0 Å². The minimum atomic E-state index is -0.124. The number of likely N-dealkylation sites (tertiary alicyclic amines) is 1. The Bertz CT molecular complexity index is 934. The molecule has 3 aromatic rings. The highest BCUT2D eigenvalue weighted by molar-refractivity contribution is 9.10. The van der Waals surface area contributed by atoms with Crippen molar-refractivity contribution in [2.45, 2.75) is 25.8 Å². The fourth-order valence-electron chi connectivity index (χ4n) is 3.43. The van der Waals surface area contributed by atoms with Crippen molar-refractivity contribution in [3.63, 3.8) is 0 Å². The van der Waals surface area contributed by atoms with Crippen LogP contribution in [0.25, 0.3) is 11.3 Å². The van der Waals surface area contributed by atoms with Gasteiger partial charge < -0.3 is 0 Å². The molecule has 2 aromatic carbocycles. The quantitative estimate of drug-likeness (QED) is 0.527. The molecule has 0 aliphatic carbocycles. The molecule has 4 rings (SSSR count). The van der Waals surface area contributed by atoms with Crippen LogP contribution in [0.4, 0.5) is 5.13 Å². The molecular weight excluding hydrogens is 434 g/mol.